The number of aromatic nitrogens is 4. The van der Waals surface area contributed by atoms with Gasteiger partial charge < -0.3 is 14.4 Å². The Morgan fingerprint density at radius 3 is 2.89 bits per heavy atom. The Hall–Kier alpha value is -3.20. The third-order valence-corrected chi connectivity index (χ3v) is 4.64. The summed E-state index contributed by atoms with van der Waals surface area (Å²) in [5.74, 6) is 0.734. The maximum Gasteiger partial charge on any atom is 0.265 e. The van der Waals surface area contributed by atoms with Crippen LogP contribution in [0, 0.1) is 0 Å². The number of nitrogens with zero attached hydrogens (tertiary/aromatic N) is 5. The number of nitrogens with one attached hydrogen (secondary N) is 1. The van der Waals surface area contributed by atoms with Gasteiger partial charge in [-0.15, -0.1) is 10.2 Å². The molecule has 2 heterocycles. The summed E-state index contributed by atoms with van der Waals surface area (Å²) in [6, 6.07) is 10.9. The van der Waals surface area contributed by atoms with Crippen molar-refractivity contribution < 1.29 is 9.84 Å². The molecule has 4 rings (SSSR count). The molecule has 0 aliphatic heterocycles. The van der Waals surface area contributed by atoms with E-state index in [0.717, 1.165) is 26.5 Å². The van der Waals surface area contributed by atoms with E-state index in [-0.39, 0.29) is 11.7 Å². The number of methoxy groups -OCH3 is 1. The summed E-state index contributed by atoms with van der Waals surface area (Å²) in [6.07, 6.45) is 1.58. The van der Waals surface area contributed by atoms with E-state index in [4.69, 9.17) is 4.74 Å². The van der Waals surface area contributed by atoms with Crippen molar-refractivity contribution in [2.24, 2.45) is 12.1 Å². The highest BCUT2D eigenvalue weighted by atomic mass is 79.9. The number of ether oxygens (including phenoxy) is 1. The Balaban J connectivity index is 1.63. The van der Waals surface area contributed by atoms with Crippen molar-refractivity contribution >= 4 is 50.2 Å². The lowest BCUT2D eigenvalue weighted by Crippen LogP contribution is -2.00. The maximum atomic E-state index is 9.62. The molecule has 0 radical (unpaired) electrons. The second-order valence-electron chi connectivity index (χ2n) is 5.83. The summed E-state index contributed by atoms with van der Waals surface area (Å²) in [4.78, 5) is 4.51. The van der Waals surface area contributed by atoms with Gasteiger partial charge in [-0.1, -0.05) is 15.9 Å². The lowest BCUT2D eigenvalue weighted by atomic mass is 10.2. The molecule has 2 aromatic carbocycles. The first-order chi connectivity index (χ1) is 13.1. The number of hydrazone groups is 1. The molecule has 0 atom stereocenters. The second-order valence-corrected chi connectivity index (χ2v) is 6.75. The van der Waals surface area contributed by atoms with Crippen LogP contribution in [0.15, 0.2) is 46.0 Å². The van der Waals surface area contributed by atoms with Crippen LogP contribution in [0.3, 0.4) is 0 Å². The second kappa shape index (κ2) is 6.84. The van der Waals surface area contributed by atoms with Crippen molar-refractivity contribution in [1.29, 1.82) is 0 Å². The van der Waals surface area contributed by atoms with Crippen LogP contribution in [0.25, 0.3) is 22.1 Å². The Morgan fingerprint density at radius 2 is 2.07 bits per heavy atom. The molecule has 0 spiro atoms. The minimum Gasteiger partial charge on any atom is -0.504 e. The number of hydrogen-bond donors (Lipinski definition) is 2. The zero-order valence-electron chi connectivity index (χ0n) is 14.5. The Bertz CT molecular complexity index is 1190. The molecule has 0 unspecified atom stereocenters. The molecule has 0 aliphatic carbocycles. The highest BCUT2D eigenvalue weighted by molar-refractivity contribution is 9.10. The standard InChI is InChI=1S/C18H15BrN6O2/c1-25-13-5-4-11(19)8-12(13)16-17(25)21-18(24-22-16)23-20-9-10-3-6-14(26)15(7-10)27-2/h3-9,26H,1-2H3,(H,21,23,24)/b20-9+. The van der Waals surface area contributed by atoms with Crippen LogP contribution in [0.2, 0.25) is 0 Å². The van der Waals surface area contributed by atoms with Crippen LogP contribution in [0.5, 0.6) is 11.5 Å². The molecule has 0 fully saturated rings. The summed E-state index contributed by atoms with van der Waals surface area (Å²) in [5, 5.41) is 23.1. The van der Waals surface area contributed by atoms with E-state index < -0.39 is 0 Å². The van der Waals surface area contributed by atoms with Gasteiger partial charge in [0.1, 0.15) is 5.52 Å². The number of aromatic hydroxyl groups is 1. The van der Waals surface area contributed by atoms with Crippen molar-refractivity contribution in [2.45, 2.75) is 0 Å². The van der Waals surface area contributed by atoms with E-state index in [1.54, 1.807) is 18.3 Å². The molecule has 9 heteroatoms. The van der Waals surface area contributed by atoms with Crippen molar-refractivity contribution in [3.8, 4) is 11.5 Å². The molecular weight excluding hydrogens is 412 g/mol. The zero-order chi connectivity index (χ0) is 19.0. The minimum atomic E-state index is 0.0722. The summed E-state index contributed by atoms with van der Waals surface area (Å²) < 4.78 is 8.01. The van der Waals surface area contributed by atoms with Gasteiger partial charge in [-0.3, -0.25) is 0 Å². The Labute approximate surface area is 162 Å². The smallest absolute Gasteiger partial charge is 0.265 e. The average molecular weight is 427 g/mol. The van der Waals surface area contributed by atoms with E-state index in [0.29, 0.717) is 11.4 Å². The topological polar surface area (TPSA) is 97.5 Å². The first kappa shape index (κ1) is 17.2. The molecule has 8 nitrogen and oxygen atoms in total. The van der Waals surface area contributed by atoms with E-state index >= 15 is 0 Å². The van der Waals surface area contributed by atoms with Crippen LogP contribution < -0.4 is 10.2 Å². The lowest BCUT2D eigenvalue weighted by Gasteiger charge is -2.03. The number of phenolic OH excluding ortho intramolecular Hbond substituents is 1. The first-order valence-corrected chi connectivity index (χ1v) is 8.80. The van der Waals surface area contributed by atoms with Gasteiger partial charge in [0.15, 0.2) is 17.1 Å². The molecule has 27 heavy (non-hydrogen) atoms. The Kier molecular flexibility index (Phi) is 4.36. The molecule has 0 bridgehead atoms. The van der Waals surface area contributed by atoms with Crippen molar-refractivity contribution in [2.75, 3.05) is 12.5 Å². The zero-order valence-corrected chi connectivity index (χ0v) is 16.1. The first-order valence-electron chi connectivity index (χ1n) is 8.01. The third kappa shape index (κ3) is 3.17. The number of hydrogen-bond acceptors (Lipinski definition) is 7. The molecule has 0 saturated carbocycles. The van der Waals surface area contributed by atoms with Gasteiger partial charge in [-0.25, -0.2) is 5.43 Å². The molecule has 2 aromatic heterocycles. The van der Waals surface area contributed by atoms with Crippen LogP contribution >= 0.6 is 15.9 Å². The van der Waals surface area contributed by atoms with E-state index in [1.807, 2.05) is 29.8 Å². The van der Waals surface area contributed by atoms with Gasteiger partial charge in [0.2, 0.25) is 0 Å². The van der Waals surface area contributed by atoms with Crippen LogP contribution in [-0.4, -0.2) is 38.2 Å². The molecule has 4 aromatic rings. The molecule has 0 aliphatic rings. The summed E-state index contributed by atoms with van der Waals surface area (Å²) >= 11 is 3.48. The normalized spacial score (nSPS) is 11.5. The monoisotopic (exact) mass is 426 g/mol. The Morgan fingerprint density at radius 1 is 1.22 bits per heavy atom. The number of aryl methyl sites for hydroxylation is 1. The number of anilines is 1. The van der Waals surface area contributed by atoms with Crippen LogP contribution in [-0.2, 0) is 7.05 Å². The number of fused-ring (bicyclic) bond motifs is 3. The van der Waals surface area contributed by atoms with Crippen LogP contribution in [0.4, 0.5) is 5.95 Å². The van der Waals surface area contributed by atoms with Gasteiger partial charge in [-0.2, -0.15) is 10.1 Å². The van der Waals surface area contributed by atoms with Crippen molar-refractivity contribution in [1.82, 2.24) is 19.7 Å². The number of benzene rings is 2. The fourth-order valence-corrected chi connectivity index (χ4v) is 3.18. The largest absolute Gasteiger partial charge is 0.504 e. The average Bonchev–Trinajstić information content (AvgIpc) is 2.94. The number of rotatable bonds is 4. The fourth-order valence-electron chi connectivity index (χ4n) is 2.82. The number of phenols is 1. The van der Waals surface area contributed by atoms with Gasteiger partial charge >= 0.3 is 0 Å². The van der Waals surface area contributed by atoms with E-state index in [2.05, 4.69) is 41.6 Å². The SMILES string of the molecule is COc1cc(/C=N/Nc2nnc3c4cc(Br)ccc4n(C)c3n2)ccc1O. The van der Waals surface area contributed by atoms with Crippen molar-refractivity contribution in [3.05, 3.63) is 46.4 Å². The highest BCUT2D eigenvalue weighted by Crippen LogP contribution is 2.28. The molecule has 2 N–H and O–H groups in total. The molecule has 0 saturated heterocycles. The van der Waals surface area contributed by atoms with Gasteiger partial charge in [-0.05, 0) is 42.0 Å². The summed E-state index contributed by atoms with van der Waals surface area (Å²) in [5.41, 5.74) is 5.99. The van der Waals surface area contributed by atoms with Gasteiger partial charge in [0.05, 0.1) is 18.8 Å². The predicted octanol–water partition coefficient (Wildman–Crippen LogP) is 3.44. The molecule has 136 valence electrons. The minimum absolute atomic E-state index is 0.0722. The number of halogens is 1. The summed E-state index contributed by atoms with van der Waals surface area (Å²) in [7, 11) is 3.42. The van der Waals surface area contributed by atoms with Gasteiger partial charge in [0, 0.05) is 16.9 Å². The molecule has 0 amide bonds. The molecular formula is C18H15BrN6O2. The van der Waals surface area contributed by atoms with Crippen LogP contribution in [0.1, 0.15) is 5.56 Å². The quantitative estimate of drug-likeness (QED) is 0.383. The van der Waals surface area contributed by atoms with Crippen molar-refractivity contribution in [3.63, 3.8) is 0 Å². The third-order valence-electron chi connectivity index (χ3n) is 4.14. The van der Waals surface area contributed by atoms with E-state index in [9.17, 15) is 5.11 Å². The summed E-state index contributed by atoms with van der Waals surface area (Å²) in [6.45, 7) is 0. The van der Waals surface area contributed by atoms with E-state index in [1.165, 1.54) is 13.2 Å². The maximum absolute atomic E-state index is 9.62. The fraction of sp³-hybridized carbons (Fsp3) is 0.111. The van der Waals surface area contributed by atoms with Gasteiger partial charge in [0.25, 0.3) is 5.95 Å². The predicted molar refractivity (Wildman–Crippen MR) is 107 cm³/mol. The highest BCUT2D eigenvalue weighted by Gasteiger charge is 2.12. The lowest BCUT2D eigenvalue weighted by molar-refractivity contribution is 0.373.